The van der Waals surface area contributed by atoms with Gasteiger partial charge in [-0.3, -0.25) is 14.5 Å². The molecular weight excluding hydrogens is 517 g/mol. The van der Waals surface area contributed by atoms with Gasteiger partial charge in [0.25, 0.3) is 0 Å². The zero-order valence-corrected chi connectivity index (χ0v) is 22.8. The fraction of sp³-hybridized carbons (Fsp3) is 0.548. The van der Waals surface area contributed by atoms with Gasteiger partial charge in [0.2, 0.25) is 11.8 Å². The number of hydrogen-bond donors (Lipinski definition) is 0. The van der Waals surface area contributed by atoms with E-state index in [1.165, 1.54) is 29.9 Å². The molecule has 6 nitrogen and oxygen atoms in total. The molecule has 4 fully saturated rings. The summed E-state index contributed by atoms with van der Waals surface area (Å²) in [4.78, 5) is 34.2. The van der Waals surface area contributed by atoms with Crippen molar-refractivity contribution in [3.8, 4) is 0 Å². The third-order valence-corrected chi connectivity index (χ3v) is 9.55. The second-order valence-corrected chi connectivity index (χ2v) is 11.9. The summed E-state index contributed by atoms with van der Waals surface area (Å²) in [6.07, 6.45) is 0.555. The zero-order valence-electron chi connectivity index (χ0n) is 22.8. The molecule has 4 saturated heterocycles. The van der Waals surface area contributed by atoms with E-state index in [4.69, 9.17) is 0 Å². The van der Waals surface area contributed by atoms with Crippen LogP contribution in [0.15, 0.2) is 48.5 Å². The number of nitrogens with zero attached hydrogens (tertiary/aromatic N) is 4. The molecular formula is C31H37F3N4O2. The van der Waals surface area contributed by atoms with Crippen LogP contribution in [-0.2, 0) is 22.2 Å². The summed E-state index contributed by atoms with van der Waals surface area (Å²) in [5, 5.41) is 0. The summed E-state index contributed by atoms with van der Waals surface area (Å²) >= 11 is 0. The molecule has 4 heterocycles. The van der Waals surface area contributed by atoms with Gasteiger partial charge >= 0.3 is 6.18 Å². The summed E-state index contributed by atoms with van der Waals surface area (Å²) in [6.45, 7) is 4.78. The number of piperidine rings is 1. The average Bonchev–Trinajstić information content (AvgIpc) is 3.71. The Morgan fingerprint density at radius 3 is 2.30 bits per heavy atom. The molecule has 214 valence electrons. The van der Waals surface area contributed by atoms with Gasteiger partial charge in [0, 0.05) is 44.5 Å². The van der Waals surface area contributed by atoms with E-state index < -0.39 is 17.2 Å². The van der Waals surface area contributed by atoms with Crippen molar-refractivity contribution in [1.82, 2.24) is 9.80 Å². The predicted molar refractivity (Wildman–Crippen MR) is 148 cm³/mol. The average molecular weight is 555 g/mol. The van der Waals surface area contributed by atoms with E-state index in [-0.39, 0.29) is 24.0 Å². The van der Waals surface area contributed by atoms with Crippen molar-refractivity contribution < 1.29 is 22.8 Å². The number of likely N-dealkylation sites (tertiary alicyclic amines) is 2. The van der Waals surface area contributed by atoms with Gasteiger partial charge in [0.05, 0.1) is 23.1 Å². The molecule has 0 aromatic heterocycles. The van der Waals surface area contributed by atoms with Gasteiger partial charge in [-0.15, -0.1) is 0 Å². The van der Waals surface area contributed by atoms with E-state index >= 15 is 0 Å². The smallest absolute Gasteiger partial charge is 0.370 e. The van der Waals surface area contributed by atoms with Crippen molar-refractivity contribution in [2.75, 3.05) is 55.6 Å². The number of anilines is 2. The maximum absolute atomic E-state index is 14.4. The quantitative estimate of drug-likeness (QED) is 0.524. The Kier molecular flexibility index (Phi) is 7.27. The maximum Gasteiger partial charge on any atom is 0.418 e. The third-order valence-electron chi connectivity index (χ3n) is 9.55. The molecule has 0 saturated carbocycles. The van der Waals surface area contributed by atoms with E-state index in [1.807, 2.05) is 30.3 Å². The summed E-state index contributed by atoms with van der Waals surface area (Å²) in [6, 6.07) is 14.4. The number of rotatable bonds is 5. The van der Waals surface area contributed by atoms with Crippen LogP contribution in [0.25, 0.3) is 0 Å². The first-order valence-corrected chi connectivity index (χ1v) is 14.6. The third kappa shape index (κ3) is 5.20. The van der Waals surface area contributed by atoms with Gasteiger partial charge in [0.1, 0.15) is 0 Å². The highest BCUT2D eigenvalue weighted by Gasteiger charge is 2.50. The molecule has 0 radical (unpaired) electrons. The van der Waals surface area contributed by atoms with Crippen molar-refractivity contribution in [3.05, 3.63) is 59.7 Å². The molecule has 1 spiro atoms. The van der Waals surface area contributed by atoms with Crippen molar-refractivity contribution >= 4 is 23.2 Å². The Bertz CT molecular complexity index is 1240. The molecule has 40 heavy (non-hydrogen) atoms. The largest absolute Gasteiger partial charge is 0.418 e. The Labute approximate surface area is 233 Å². The number of carbonyl (C=O) groups is 2. The normalized spacial score (nSPS) is 23.5. The van der Waals surface area contributed by atoms with E-state index in [0.29, 0.717) is 50.5 Å². The van der Waals surface area contributed by atoms with Crippen molar-refractivity contribution in [1.29, 1.82) is 0 Å². The summed E-state index contributed by atoms with van der Waals surface area (Å²) in [5.41, 5.74) is 0.0265. The predicted octanol–water partition coefficient (Wildman–Crippen LogP) is 4.97. The van der Waals surface area contributed by atoms with Crippen LogP contribution in [0.1, 0.15) is 49.7 Å². The lowest BCUT2D eigenvalue weighted by molar-refractivity contribution is -0.138. The summed E-state index contributed by atoms with van der Waals surface area (Å²) < 4.78 is 43.1. The molecule has 4 aliphatic rings. The van der Waals surface area contributed by atoms with E-state index in [1.54, 1.807) is 11.0 Å². The van der Waals surface area contributed by atoms with Gasteiger partial charge in [-0.2, -0.15) is 13.2 Å². The molecule has 4 aliphatic heterocycles. The summed E-state index contributed by atoms with van der Waals surface area (Å²) in [7, 11) is 0. The van der Waals surface area contributed by atoms with Crippen molar-refractivity contribution in [2.45, 2.75) is 57.2 Å². The Hall–Kier alpha value is -3.07. The van der Waals surface area contributed by atoms with Gasteiger partial charge in [-0.1, -0.05) is 30.3 Å². The lowest BCUT2D eigenvalue weighted by Gasteiger charge is -2.38. The molecule has 2 amide bonds. The Balaban J connectivity index is 1.15. The Morgan fingerprint density at radius 1 is 0.900 bits per heavy atom. The SMILES string of the molecule is O=C(Cc1ccccc1)N1CCC2(CC1)CCN(c1ccc(N3CC[C@H](N4CCCC4)C3)cc1C(F)(F)F)C2=O. The van der Waals surface area contributed by atoms with E-state index in [2.05, 4.69) is 9.80 Å². The topological polar surface area (TPSA) is 47.1 Å². The number of benzene rings is 2. The van der Waals surface area contributed by atoms with Crippen LogP contribution >= 0.6 is 0 Å². The maximum atomic E-state index is 14.4. The lowest BCUT2D eigenvalue weighted by atomic mass is 9.77. The summed E-state index contributed by atoms with van der Waals surface area (Å²) in [5.74, 6) is -0.219. The number of carbonyl (C=O) groups excluding carboxylic acids is 2. The number of alkyl halides is 3. The highest BCUT2D eigenvalue weighted by molar-refractivity contribution is 6.01. The van der Waals surface area contributed by atoms with Crippen molar-refractivity contribution in [2.24, 2.45) is 5.41 Å². The fourth-order valence-electron chi connectivity index (χ4n) is 7.15. The molecule has 0 N–H and O–H groups in total. The first kappa shape index (κ1) is 27.1. The minimum absolute atomic E-state index is 0.0205. The number of halogens is 3. The molecule has 0 bridgehead atoms. The van der Waals surface area contributed by atoms with Gasteiger partial charge in [-0.05, 0) is 75.4 Å². The zero-order chi connectivity index (χ0) is 27.9. The molecule has 6 rings (SSSR count). The number of amides is 2. The van der Waals surface area contributed by atoms with Gasteiger partial charge in [-0.25, -0.2) is 0 Å². The molecule has 2 aromatic carbocycles. The molecule has 0 aliphatic carbocycles. The van der Waals surface area contributed by atoms with Crippen LogP contribution in [0.3, 0.4) is 0 Å². The van der Waals surface area contributed by atoms with E-state index in [9.17, 15) is 22.8 Å². The highest BCUT2D eigenvalue weighted by Crippen LogP contribution is 2.47. The molecule has 1 atom stereocenters. The monoisotopic (exact) mass is 554 g/mol. The molecule has 0 unspecified atom stereocenters. The van der Waals surface area contributed by atoms with Crippen molar-refractivity contribution in [3.63, 3.8) is 0 Å². The van der Waals surface area contributed by atoms with Crippen LogP contribution in [0.4, 0.5) is 24.5 Å². The molecule has 9 heteroatoms. The van der Waals surface area contributed by atoms with Gasteiger partial charge < -0.3 is 14.7 Å². The number of hydrogen-bond acceptors (Lipinski definition) is 4. The minimum Gasteiger partial charge on any atom is -0.370 e. The minimum atomic E-state index is -4.57. The van der Waals surface area contributed by atoms with Crippen LogP contribution in [0.2, 0.25) is 0 Å². The second-order valence-electron chi connectivity index (χ2n) is 11.9. The Morgan fingerprint density at radius 2 is 1.60 bits per heavy atom. The van der Waals surface area contributed by atoms with Crippen LogP contribution in [0, 0.1) is 5.41 Å². The molecule has 2 aromatic rings. The van der Waals surface area contributed by atoms with E-state index in [0.717, 1.165) is 38.2 Å². The first-order chi connectivity index (χ1) is 19.2. The first-order valence-electron chi connectivity index (χ1n) is 14.6. The van der Waals surface area contributed by atoms with Crippen LogP contribution in [-0.4, -0.2) is 73.5 Å². The standard InChI is InChI=1S/C31H37F3N4O2/c32-31(33,34)26-21-24(37-16-10-25(22-37)35-14-4-5-15-35)8-9-27(26)38-19-13-30(29(38)40)11-17-36(18-12-30)28(39)20-23-6-2-1-3-7-23/h1-3,6-9,21,25H,4-5,10-20,22H2/t25-/m0/s1. The van der Waals surface area contributed by atoms with Crippen LogP contribution in [0.5, 0.6) is 0 Å². The van der Waals surface area contributed by atoms with Gasteiger partial charge in [0.15, 0.2) is 0 Å². The highest BCUT2D eigenvalue weighted by atomic mass is 19.4. The fourth-order valence-corrected chi connectivity index (χ4v) is 7.15. The van der Waals surface area contributed by atoms with Crippen LogP contribution < -0.4 is 9.80 Å². The second kappa shape index (κ2) is 10.7. The lowest BCUT2D eigenvalue weighted by Crippen LogP contribution is -2.47.